The molecule has 0 aromatic heterocycles. The lowest BCUT2D eigenvalue weighted by Crippen LogP contribution is -2.30. The zero-order valence-corrected chi connectivity index (χ0v) is 17.4. The molecule has 0 saturated heterocycles. The van der Waals surface area contributed by atoms with Crippen LogP contribution in [0.3, 0.4) is 0 Å². The summed E-state index contributed by atoms with van der Waals surface area (Å²) >= 11 is 0. The van der Waals surface area contributed by atoms with E-state index in [9.17, 15) is 0 Å². The van der Waals surface area contributed by atoms with Crippen molar-refractivity contribution in [3.63, 3.8) is 0 Å². The molecular formula is C23H44N2O. The van der Waals surface area contributed by atoms with Crippen molar-refractivity contribution in [3.05, 3.63) is 12.2 Å². The van der Waals surface area contributed by atoms with Crippen molar-refractivity contribution in [3.8, 4) is 0 Å². The number of aliphatic imine (C=N–C) groups is 1. The summed E-state index contributed by atoms with van der Waals surface area (Å²) in [6.07, 6.45) is 24.9. The van der Waals surface area contributed by atoms with Gasteiger partial charge in [0.1, 0.15) is 0 Å². The van der Waals surface area contributed by atoms with Gasteiger partial charge in [0.2, 0.25) is 0 Å². The van der Waals surface area contributed by atoms with Crippen molar-refractivity contribution in [1.29, 1.82) is 0 Å². The standard InChI is InChI=1S/C23H44N2O/c1-2-3-4-5-6-7-8-9-10-11-12-13-14-15-16-17-18-23-24-19-20-25(23)21-22-26/h10-11,26H,2-9,12-22H2,1H3/b11-10+. The van der Waals surface area contributed by atoms with E-state index in [4.69, 9.17) is 5.11 Å². The zero-order chi connectivity index (χ0) is 18.7. The average Bonchev–Trinajstić information content (AvgIpc) is 3.09. The Hall–Kier alpha value is -0.830. The number of rotatable bonds is 18. The topological polar surface area (TPSA) is 35.8 Å². The Kier molecular flexibility index (Phi) is 15.7. The third kappa shape index (κ3) is 12.5. The monoisotopic (exact) mass is 364 g/mol. The van der Waals surface area contributed by atoms with Gasteiger partial charge in [-0.2, -0.15) is 0 Å². The van der Waals surface area contributed by atoms with E-state index in [-0.39, 0.29) is 6.61 Å². The molecule has 0 spiro atoms. The number of allylic oxidation sites excluding steroid dienone is 2. The predicted molar refractivity (Wildman–Crippen MR) is 115 cm³/mol. The fourth-order valence-electron chi connectivity index (χ4n) is 3.66. The van der Waals surface area contributed by atoms with Crippen LogP contribution in [-0.2, 0) is 0 Å². The number of aliphatic hydroxyl groups excluding tert-OH is 1. The van der Waals surface area contributed by atoms with Crippen molar-refractivity contribution in [2.24, 2.45) is 4.99 Å². The summed E-state index contributed by atoms with van der Waals surface area (Å²) in [4.78, 5) is 6.81. The minimum atomic E-state index is 0.242. The number of β-amino-alcohol motifs (C(OH)–C–C–N with tert-alkyl or cyclic N) is 1. The van der Waals surface area contributed by atoms with Crippen LogP contribution >= 0.6 is 0 Å². The molecule has 0 aromatic rings. The van der Waals surface area contributed by atoms with E-state index in [1.165, 1.54) is 95.7 Å². The van der Waals surface area contributed by atoms with Crippen LogP contribution in [-0.4, -0.2) is 42.1 Å². The molecule has 1 aliphatic heterocycles. The first-order valence-electron chi connectivity index (χ1n) is 11.4. The molecule has 1 N–H and O–H groups in total. The Labute approximate surface area is 163 Å². The minimum Gasteiger partial charge on any atom is -0.395 e. The number of aliphatic hydroxyl groups is 1. The minimum absolute atomic E-state index is 0.242. The Morgan fingerprint density at radius 3 is 2.04 bits per heavy atom. The molecule has 152 valence electrons. The lowest BCUT2D eigenvalue weighted by molar-refractivity contribution is 0.255. The molecule has 26 heavy (non-hydrogen) atoms. The van der Waals surface area contributed by atoms with Gasteiger partial charge in [-0.15, -0.1) is 0 Å². The lowest BCUT2D eigenvalue weighted by atomic mass is 10.1. The van der Waals surface area contributed by atoms with Crippen LogP contribution in [0.15, 0.2) is 17.1 Å². The highest BCUT2D eigenvalue weighted by Gasteiger charge is 2.14. The Bertz CT molecular complexity index is 365. The van der Waals surface area contributed by atoms with E-state index >= 15 is 0 Å². The van der Waals surface area contributed by atoms with Gasteiger partial charge >= 0.3 is 0 Å². The van der Waals surface area contributed by atoms with E-state index in [2.05, 4.69) is 29.0 Å². The maximum atomic E-state index is 9.05. The molecular weight excluding hydrogens is 320 g/mol. The van der Waals surface area contributed by atoms with E-state index in [0.29, 0.717) is 0 Å². The summed E-state index contributed by atoms with van der Waals surface area (Å²) in [5, 5.41) is 9.05. The summed E-state index contributed by atoms with van der Waals surface area (Å²) in [6.45, 7) is 5.20. The molecule has 3 nitrogen and oxygen atoms in total. The average molecular weight is 365 g/mol. The van der Waals surface area contributed by atoms with Crippen LogP contribution < -0.4 is 0 Å². The molecule has 1 rings (SSSR count). The van der Waals surface area contributed by atoms with Crippen LogP contribution in [0.1, 0.15) is 103 Å². The highest BCUT2D eigenvalue weighted by molar-refractivity contribution is 5.83. The third-order valence-corrected chi connectivity index (χ3v) is 5.31. The molecule has 0 bridgehead atoms. The maximum absolute atomic E-state index is 9.05. The number of hydrogen-bond donors (Lipinski definition) is 1. The highest BCUT2D eigenvalue weighted by atomic mass is 16.3. The van der Waals surface area contributed by atoms with Crippen LogP contribution in [0.4, 0.5) is 0 Å². The first kappa shape index (κ1) is 23.2. The first-order valence-corrected chi connectivity index (χ1v) is 11.4. The van der Waals surface area contributed by atoms with E-state index in [0.717, 1.165) is 26.1 Å². The van der Waals surface area contributed by atoms with E-state index < -0.39 is 0 Å². The van der Waals surface area contributed by atoms with Crippen molar-refractivity contribution >= 4 is 5.84 Å². The van der Waals surface area contributed by atoms with Crippen LogP contribution in [0.25, 0.3) is 0 Å². The molecule has 0 saturated carbocycles. The van der Waals surface area contributed by atoms with Gasteiger partial charge in [-0.05, 0) is 32.1 Å². The van der Waals surface area contributed by atoms with Crippen LogP contribution in [0.5, 0.6) is 0 Å². The summed E-state index contributed by atoms with van der Waals surface area (Å²) in [5.74, 6) is 1.23. The van der Waals surface area contributed by atoms with Crippen molar-refractivity contribution in [2.75, 3.05) is 26.2 Å². The normalized spacial score (nSPS) is 14.5. The van der Waals surface area contributed by atoms with E-state index in [1.807, 2.05) is 0 Å². The number of hydrogen-bond acceptors (Lipinski definition) is 3. The van der Waals surface area contributed by atoms with Gasteiger partial charge in [-0.1, -0.05) is 76.9 Å². The molecule has 0 atom stereocenters. The second kappa shape index (κ2) is 17.6. The fraction of sp³-hybridized carbons (Fsp3) is 0.870. The summed E-state index contributed by atoms with van der Waals surface area (Å²) in [6, 6.07) is 0. The van der Waals surface area contributed by atoms with Gasteiger partial charge in [-0.3, -0.25) is 4.99 Å². The van der Waals surface area contributed by atoms with Gasteiger partial charge < -0.3 is 10.0 Å². The van der Waals surface area contributed by atoms with Crippen molar-refractivity contribution in [1.82, 2.24) is 4.90 Å². The molecule has 0 unspecified atom stereocenters. The van der Waals surface area contributed by atoms with Gasteiger partial charge in [0.25, 0.3) is 0 Å². The highest BCUT2D eigenvalue weighted by Crippen LogP contribution is 2.13. The van der Waals surface area contributed by atoms with Crippen LogP contribution in [0.2, 0.25) is 0 Å². The smallest absolute Gasteiger partial charge is 0.0991 e. The Morgan fingerprint density at radius 1 is 0.846 bits per heavy atom. The third-order valence-electron chi connectivity index (χ3n) is 5.31. The molecule has 0 fully saturated rings. The molecule has 0 aliphatic carbocycles. The maximum Gasteiger partial charge on any atom is 0.0991 e. The van der Waals surface area contributed by atoms with Gasteiger partial charge in [0.05, 0.1) is 19.0 Å². The van der Waals surface area contributed by atoms with Gasteiger partial charge in [0.15, 0.2) is 0 Å². The predicted octanol–water partition coefficient (Wildman–Crippen LogP) is 6.12. The summed E-state index contributed by atoms with van der Waals surface area (Å²) < 4.78 is 0. The van der Waals surface area contributed by atoms with Crippen LogP contribution in [0, 0.1) is 0 Å². The van der Waals surface area contributed by atoms with Crippen molar-refractivity contribution in [2.45, 2.75) is 103 Å². The SMILES string of the molecule is CCCCCCCCC/C=C/CCCCCCCC1=NCCN1CCO. The molecule has 3 heteroatoms. The van der Waals surface area contributed by atoms with Crippen molar-refractivity contribution < 1.29 is 5.11 Å². The molecule has 0 amide bonds. The zero-order valence-electron chi connectivity index (χ0n) is 17.4. The lowest BCUT2D eigenvalue weighted by Gasteiger charge is -2.18. The second-order valence-corrected chi connectivity index (χ2v) is 7.70. The van der Waals surface area contributed by atoms with Gasteiger partial charge in [0, 0.05) is 19.5 Å². The van der Waals surface area contributed by atoms with Gasteiger partial charge in [-0.25, -0.2) is 0 Å². The molecule has 1 aliphatic rings. The molecule has 0 radical (unpaired) electrons. The molecule has 0 aromatic carbocycles. The second-order valence-electron chi connectivity index (χ2n) is 7.70. The number of amidine groups is 1. The number of unbranched alkanes of at least 4 members (excludes halogenated alkanes) is 12. The fourth-order valence-corrected chi connectivity index (χ4v) is 3.66. The summed E-state index contributed by atoms with van der Waals surface area (Å²) in [5.41, 5.74) is 0. The molecule has 1 heterocycles. The largest absolute Gasteiger partial charge is 0.395 e. The van der Waals surface area contributed by atoms with E-state index in [1.54, 1.807) is 0 Å². The summed E-state index contributed by atoms with van der Waals surface area (Å²) in [7, 11) is 0. The Morgan fingerprint density at radius 2 is 1.42 bits per heavy atom. The first-order chi connectivity index (χ1) is 12.9. The number of nitrogens with zero attached hydrogens (tertiary/aromatic N) is 2. The Balaban J connectivity index is 1.80. The quantitative estimate of drug-likeness (QED) is 0.235.